The summed E-state index contributed by atoms with van der Waals surface area (Å²) in [6.45, 7) is 2.04. The van der Waals surface area contributed by atoms with Crippen LogP contribution in [0.2, 0.25) is 0 Å². The van der Waals surface area contributed by atoms with E-state index in [0.717, 1.165) is 5.69 Å². The second-order valence-corrected chi connectivity index (χ2v) is 5.78. The van der Waals surface area contributed by atoms with Gasteiger partial charge in [0.25, 0.3) is 0 Å². The molecule has 0 saturated heterocycles. The molecule has 1 heterocycles. The third-order valence-corrected chi connectivity index (χ3v) is 3.73. The van der Waals surface area contributed by atoms with E-state index in [9.17, 15) is 0 Å². The molecule has 0 spiro atoms. The number of nitrogens with two attached hydrogens (primary N) is 1. The maximum Gasteiger partial charge on any atom is 0.0666 e. The van der Waals surface area contributed by atoms with E-state index in [1.54, 1.807) is 11.3 Å². The van der Waals surface area contributed by atoms with Gasteiger partial charge in [0.1, 0.15) is 0 Å². The molecule has 62 valence electrons. The second-order valence-electron chi connectivity index (χ2n) is 2.80. The Morgan fingerprint density at radius 2 is 2.08 bits per heavy atom. The highest BCUT2D eigenvalue weighted by molar-refractivity contribution is 14.1. The van der Waals surface area contributed by atoms with Crippen LogP contribution in [0.25, 0.3) is 10.1 Å². The minimum absolute atomic E-state index is 0.886. The fourth-order valence-corrected chi connectivity index (χ4v) is 3.09. The molecule has 2 rings (SSSR count). The van der Waals surface area contributed by atoms with Gasteiger partial charge in [0.05, 0.1) is 2.88 Å². The highest BCUT2D eigenvalue weighted by Gasteiger charge is 2.01. The van der Waals surface area contributed by atoms with Crippen molar-refractivity contribution in [2.45, 2.75) is 6.92 Å². The molecule has 0 atom stereocenters. The Kier molecular flexibility index (Phi) is 2.00. The van der Waals surface area contributed by atoms with Crippen molar-refractivity contribution in [3.63, 3.8) is 0 Å². The summed E-state index contributed by atoms with van der Waals surface area (Å²) >= 11 is 4.14. The summed E-state index contributed by atoms with van der Waals surface area (Å²) in [6.07, 6.45) is 0. The average molecular weight is 289 g/mol. The zero-order valence-corrected chi connectivity index (χ0v) is 9.57. The van der Waals surface area contributed by atoms with E-state index in [0.29, 0.717) is 0 Å². The highest BCUT2D eigenvalue weighted by Crippen LogP contribution is 2.29. The summed E-state index contributed by atoms with van der Waals surface area (Å²) in [7, 11) is 0. The van der Waals surface area contributed by atoms with Crippen molar-refractivity contribution in [1.29, 1.82) is 0 Å². The zero-order chi connectivity index (χ0) is 8.72. The van der Waals surface area contributed by atoms with E-state index >= 15 is 0 Å². The number of benzene rings is 1. The van der Waals surface area contributed by atoms with Crippen LogP contribution in [0.5, 0.6) is 0 Å². The Hall–Kier alpha value is -0.290. The fraction of sp³-hybridized carbons (Fsp3) is 0.111. The Labute approximate surface area is 88.7 Å². The second kappa shape index (κ2) is 2.88. The molecule has 2 N–H and O–H groups in total. The predicted octanol–water partition coefficient (Wildman–Crippen LogP) is 3.40. The van der Waals surface area contributed by atoms with Crippen molar-refractivity contribution >= 4 is 49.7 Å². The van der Waals surface area contributed by atoms with Gasteiger partial charge >= 0.3 is 0 Å². The highest BCUT2D eigenvalue weighted by atomic mass is 127. The minimum Gasteiger partial charge on any atom is -0.398 e. The third-order valence-electron chi connectivity index (χ3n) is 1.87. The van der Waals surface area contributed by atoms with Crippen molar-refractivity contribution in [3.05, 3.63) is 26.6 Å². The van der Waals surface area contributed by atoms with Gasteiger partial charge in [0, 0.05) is 10.4 Å². The van der Waals surface area contributed by atoms with E-state index in [1.165, 1.54) is 18.5 Å². The average Bonchev–Trinajstić information content (AvgIpc) is 2.30. The number of rotatable bonds is 0. The summed E-state index contributed by atoms with van der Waals surface area (Å²) in [4.78, 5) is 0. The quantitative estimate of drug-likeness (QED) is 0.584. The number of nitrogen functional groups attached to an aromatic ring is 1. The lowest BCUT2D eigenvalue weighted by atomic mass is 10.1. The fourth-order valence-electron chi connectivity index (χ4n) is 1.17. The zero-order valence-electron chi connectivity index (χ0n) is 6.60. The van der Waals surface area contributed by atoms with Gasteiger partial charge in [-0.25, -0.2) is 0 Å². The van der Waals surface area contributed by atoms with Gasteiger partial charge < -0.3 is 5.73 Å². The van der Waals surface area contributed by atoms with Gasteiger partial charge in [-0.05, 0) is 58.7 Å². The first kappa shape index (κ1) is 8.31. The number of thiophene rings is 1. The molecule has 0 bridgehead atoms. The molecule has 3 heteroatoms. The maximum atomic E-state index is 5.80. The molecule has 0 amide bonds. The number of fused-ring (bicyclic) bond motifs is 1. The predicted molar refractivity (Wildman–Crippen MR) is 63.7 cm³/mol. The molecular weight excluding hydrogens is 281 g/mol. The molecule has 0 fully saturated rings. The van der Waals surface area contributed by atoms with Gasteiger partial charge in [-0.15, -0.1) is 11.3 Å². The number of anilines is 1. The monoisotopic (exact) mass is 289 g/mol. The van der Waals surface area contributed by atoms with Crippen LogP contribution < -0.4 is 5.73 Å². The largest absolute Gasteiger partial charge is 0.398 e. The van der Waals surface area contributed by atoms with E-state index < -0.39 is 0 Å². The van der Waals surface area contributed by atoms with Gasteiger partial charge in [-0.3, -0.25) is 0 Å². The summed E-state index contributed by atoms with van der Waals surface area (Å²) < 4.78 is 2.64. The minimum atomic E-state index is 0.886. The summed E-state index contributed by atoms with van der Waals surface area (Å²) in [6, 6.07) is 6.36. The lowest BCUT2D eigenvalue weighted by molar-refractivity contribution is 1.51. The Morgan fingerprint density at radius 3 is 2.83 bits per heavy atom. The lowest BCUT2D eigenvalue weighted by Crippen LogP contribution is -1.87. The molecule has 0 radical (unpaired) electrons. The molecular formula is C9H8INS. The van der Waals surface area contributed by atoms with Crippen molar-refractivity contribution in [1.82, 2.24) is 0 Å². The molecule has 1 aromatic carbocycles. The van der Waals surface area contributed by atoms with Crippen LogP contribution in [0.1, 0.15) is 5.56 Å². The Morgan fingerprint density at radius 1 is 1.33 bits per heavy atom. The van der Waals surface area contributed by atoms with E-state index in [4.69, 9.17) is 5.73 Å². The first-order valence-electron chi connectivity index (χ1n) is 3.62. The van der Waals surface area contributed by atoms with Crippen LogP contribution >= 0.6 is 33.9 Å². The van der Waals surface area contributed by atoms with Crippen molar-refractivity contribution in [3.8, 4) is 0 Å². The van der Waals surface area contributed by atoms with Gasteiger partial charge in [-0.1, -0.05) is 0 Å². The maximum absolute atomic E-state index is 5.80. The van der Waals surface area contributed by atoms with E-state index in [1.807, 2.05) is 13.0 Å². The van der Waals surface area contributed by atoms with Crippen LogP contribution in [-0.4, -0.2) is 0 Å². The van der Waals surface area contributed by atoms with Crippen LogP contribution in [0.15, 0.2) is 18.2 Å². The molecule has 0 aliphatic carbocycles. The molecule has 1 nitrogen and oxygen atoms in total. The number of aryl methyl sites for hydroxylation is 1. The standard InChI is InChI=1S/C9H8INS/c1-5-2-8-6(3-7(5)11)4-9(10)12-8/h2-4H,11H2,1H3. The van der Waals surface area contributed by atoms with Crippen molar-refractivity contribution in [2.24, 2.45) is 0 Å². The topological polar surface area (TPSA) is 26.0 Å². The van der Waals surface area contributed by atoms with Gasteiger partial charge in [0.2, 0.25) is 0 Å². The van der Waals surface area contributed by atoms with Crippen molar-refractivity contribution < 1.29 is 0 Å². The van der Waals surface area contributed by atoms with Crippen LogP contribution in [0, 0.1) is 9.81 Å². The summed E-state index contributed by atoms with van der Waals surface area (Å²) in [5.41, 5.74) is 7.85. The molecule has 0 aliphatic heterocycles. The van der Waals surface area contributed by atoms with E-state index in [-0.39, 0.29) is 0 Å². The van der Waals surface area contributed by atoms with Crippen molar-refractivity contribution in [2.75, 3.05) is 5.73 Å². The first-order valence-corrected chi connectivity index (χ1v) is 5.51. The van der Waals surface area contributed by atoms with Crippen LogP contribution in [0.3, 0.4) is 0 Å². The molecule has 12 heavy (non-hydrogen) atoms. The summed E-state index contributed by atoms with van der Waals surface area (Å²) in [5.74, 6) is 0. The normalized spacial score (nSPS) is 10.8. The lowest BCUT2D eigenvalue weighted by Gasteiger charge is -1.98. The summed E-state index contributed by atoms with van der Waals surface area (Å²) in [5, 5.41) is 1.26. The number of hydrogen-bond donors (Lipinski definition) is 1. The van der Waals surface area contributed by atoms with Crippen LogP contribution in [0.4, 0.5) is 5.69 Å². The van der Waals surface area contributed by atoms with Gasteiger partial charge in [-0.2, -0.15) is 0 Å². The molecule has 1 aromatic heterocycles. The smallest absolute Gasteiger partial charge is 0.0666 e. The van der Waals surface area contributed by atoms with E-state index in [2.05, 4.69) is 34.7 Å². The van der Waals surface area contributed by atoms with Gasteiger partial charge in [0.15, 0.2) is 0 Å². The van der Waals surface area contributed by atoms with Crippen LogP contribution in [-0.2, 0) is 0 Å². The number of halogens is 1. The Balaban J connectivity index is 2.83. The number of hydrogen-bond acceptors (Lipinski definition) is 2. The third kappa shape index (κ3) is 1.31. The molecule has 2 aromatic rings. The molecule has 0 aliphatic rings. The molecule has 0 saturated carbocycles. The SMILES string of the molecule is Cc1cc2sc(I)cc2cc1N. The first-order chi connectivity index (χ1) is 5.66. The Bertz CT molecular complexity index is 394. The molecule has 0 unspecified atom stereocenters.